The predicted molar refractivity (Wildman–Crippen MR) is 277 cm³/mol. The number of rotatable bonds is 8. The smallest absolute Gasteiger partial charge is 0.0734 e. The summed E-state index contributed by atoms with van der Waals surface area (Å²) in [6, 6.07) is 95.0. The fraction of sp³-hybridized carbons (Fsp3) is 0.0312. The van der Waals surface area contributed by atoms with Crippen molar-refractivity contribution < 1.29 is 0 Å². The maximum Gasteiger partial charge on any atom is 0.0734 e. The molecule has 66 heavy (non-hydrogen) atoms. The molecule has 1 aromatic heterocycles. The van der Waals surface area contributed by atoms with Gasteiger partial charge >= 0.3 is 0 Å². The van der Waals surface area contributed by atoms with Gasteiger partial charge in [0.05, 0.1) is 16.5 Å². The van der Waals surface area contributed by atoms with Gasteiger partial charge in [0.25, 0.3) is 0 Å². The van der Waals surface area contributed by atoms with E-state index in [0.29, 0.717) is 0 Å². The molecule has 0 fully saturated rings. The second-order valence-corrected chi connectivity index (χ2v) is 18.4. The molecule has 11 aromatic rings. The van der Waals surface area contributed by atoms with Crippen LogP contribution in [0.5, 0.6) is 0 Å². The second kappa shape index (κ2) is 15.3. The first-order valence-electron chi connectivity index (χ1n) is 22.8. The Hall–Kier alpha value is -8.04. The number of fused-ring (bicyclic) bond motifs is 7. The number of thiophene rings is 1. The molecule has 0 spiro atoms. The Labute approximate surface area is 390 Å². The SMILES string of the molecule is c1ccc(C2(c3ccccc3)c3ccccc3-c3cc(N(c4ccc(-c5cccc6ccsc56)cc4)c4cccc5c4C(c4ccccc4)(c4ccccc4)c4ccccc4-5)ccc32)cc1. The summed E-state index contributed by atoms with van der Waals surface area (Å²) in [4.78, 5) is 2.54. The molecule has 0 saturated carbocycles. The highest BCUT2D eigenvalue weighted by atomic mass is 32.1. The van der Waals surface area contributed by atoms with Gasteiger partial charge in [-0.15, -0.1) is 11.3 Å². The van der Waals surface area contributed by atoms with Gasteiger partial charge in [-0.05, 0) is 119 Å². The van der Waals surface area contributed by atoms with E-state index in [1.165, 1.54) is 88.0 Å². The zero-order chi connectivity index (χ0) is 43.7. The Morgan fingerprint density at radius 3 is 1.41 bits per heavy atom. The zero-order valence-corrected chi connectivity index (χ0v) is 37.0. The standard InChI is InChI=1S/C64H43NS/c1-5-20-46(21-6-1)63(47-22-7-2-8-23-47)57-32-15-14-29-54(57)56-43-51(39-40-59(56)63)65(50-37-35-44(36-38-50)52-30-17-19-45-41-42-66-62(45)52)60-34-18-31-55-53-28-13-16-33-58(53)64(61(55)60,48-24-9-3-10-25-48)49-26-11-4-12-27-49/h1-43H. The third-order valence-electron chi connectivity index (χ3n) is 14.3. The van der Waals surface area contributed by atoms with Crippen molar-refractivity contribution in [3.05, 3.63) is 305 Å². The van der Waals surface area contributed by atoms with Gasteiger partial charge in [0, 0.05) is 21.6 Å². The maximum atomic E-state index is 2.54. The van der Waals surface area contributed by atoms with Crippen molar-refractivity contribution in [2.24, 2.45) is 0 Å². The predicted octanol–water partition coefficient (Wildman–Crippen LogP) is 16.8. The van der Waals surface area contributed by atoms with Gasteiger partial charge in [-0.3, -0.25) is 0 Å². The van der Waals surface area contributed by atoms with Gasteiger partial charge in [0.2, 0.25) is 0 Å². The van der Waals surface area contributed by atoms with Crippen LogP contribution < -0.4 is 4.90 Å². The molecule has 2 heteroatoms. The van der Waals surface area contributed by atoms with Crippen molar-refractivity contribution in [1.29, 1.82) is 0 Å². The minimum Gasteiger partial charge on any atom is -0.310 e. The molecular formula is C64H43NS. The number of benzene rings is 10. The molecule has 0 bridgehead atoms. The van der Waals surface area contributed by atoms with E-state index in [1.54, 1.807) is 0 Å². The van der Waals surface area contributed by atoms with Crippen molar-refractivity contribution in [3.8, 4) is 33.4 Å². The van der Waals surface area contributed by atoms with Gasteiger partial charge in [0.15, 0.2) is 0 Å². The van der Waals surface area contributed by atoms with Gasteiger partial charge in [-0.2, -0.15) is 0 Å². The molecule has 0 unspecified atom stereocenters. The van der Waals surface area contributed by atoms with Crippen molar-refractivity contribution in [2.75, 3.05) is 4.90 Å². The van der Waals surface area contributed by atoms with Crippen molar-refractivity contribution >= 4 is 38.5 Å². The summed E-state index contributed by atoms with van der Waals surface area (Å²) in [7, 11) is 0. The molecule has 0 N–H and O–H groups in total. The third kappa shape index (κ3) is 5.52. The minimum atomic E-state index is -0.600. The van der Waals surface area contributed by atoms with Crippen LogP contribution in [0.3, 0.4) is 0 Å². The van der Waals surface area contributed by atoms with Crippen molar-refractivity contribution in [2.45, 2.75) is 10.8 Å². The topological polar surface area (TPSA) is 3.24 Å². The van der Waals surface area contributed by atoms with Crippen LogP contribution in [0.15, 0.2) is 260 Å². The lowest BCUT2D eigenvalue weighted by atomic mass is 9.67. The van der Waals surface area contributed by atoms with Crippen LogP contribution in [0.1, 0.15) is 44.5 Å². The molecule has 0 saturated heterocycles. The normalized spacial score (nSPS) is 13.7. The molecule has 0 atom stereocenters. The van der Waals surface area contributed by atoms with Crippen molar-refractivity contribution in [1.82, 2.24) is 0 Å². The first-order valence-corrected chi connectivity index (χ1v) is 23.7. The zero-order valence-electron chi connectivity index (χ0n) is 36.2. The highest BCUT2D eigenvalue weighted by Gasteiger charge is 2.49. The Kier molecular flexibility index (Phi) is 8.91. The van der Waals surface area contributed by atoms with Gasteiger partial charge in [-0.25, -0.2) is 0 Å². The molecule has 310 valence electrons. The van der Waals surface area contributed by atoms with Crippen molar-refractivity contribution in [3.63, 3.8) is 0 Å². The molecule has 13 rings (SSSR count). The van der Waals surface area contributed by atoms with E-state index in [2.05, 4.69) is 265 Å². The van der Waals surface area contributed by atoms with E-state index in [4.69, 9.17) is 0 Å². The van der Waals surface area contributed by atoms with Crippen LogP contribution in [0.25, 0.3) is 43.5 Å². The molecule has 0 radical (unpaired) electrons. The van der Waals surface area contributed by atoms with Crippen LogP contribution in [0.2, 0.25) is 0 Å². The lowest BCUT2D eigenvalue weighted by molar-refractivity contribution is 0.767. The summed E-state index contributed by atoms with van der Waals surface area (Å²) in [5, 5.41) is 3.47. The second-order valence-electron chi connectivity index (χ2n) is 17.5. The van der Waals surface area contributed by atoms with Crippen LogP contribution >= 0.6 is 11.3 Å². The summed E-state index contributed by atoms with van der Waals surface area (Å²) in [6.07, 6.45) is 0. The molecule has 10 aromatic carbocycles. The Morgan fingerprint density at radius 1 is 0.318 bits per heavy atom. The Balaban J connectivity index is 1.10. The van der Waals surface area contributed by atoms with Gasteiger partial charge in [-0.1, -0.05) is 218 Å². The lowest BCUT2D eigenvalue weighted by Gasteiger charge is -2.38. The number of hydrogen-bond acceptors (Lipinski definition) is 2. The van der Waals surface area contributed by atoms with E-state index >= 15 is 0 Å². The lowest BCUT2D eigenvalue weighted by Crippen LogP contribution is -2.30. The largest absolute Gasteiger partial charge is 0.310 e. The maximum absolute atomic E-state index is 2.54. The van der Waals surface area contributed by atoms with E-state index in [0.717, 1.165) is 17.1 Å². The number of anilines is 3. The molecule has 2 aliphatic rings. The molecule has 1 heterocycles. The van der Waals surface area contributed by atoms with Gasteiger partial charge < -0.3 is 4.90 Å². The van der Waals surface area contributed by atoms with Crippen LogP contribution in [0.4, 0.5) is 17.1 Å². The fourth-order valence-electron chi connectivity index (χ4n) is 11.7. The van der Waals surface area contributed by atoms with Crippen LogP contribution in [0, 0.1) is 0 Å². The van der Waals surface area contributed by atoms with Gasteiger partial charge in [0.1, 0.15) is 0 Å². The van der Waals surface area contributed by atoms with Crippen LogP contribution in [-0.4, -0.2) is 0 Å². The summed E-state index contributed by atoms with van der Waals surface area (Å²) in [5.41, 5.74) is 19.9. The number of hydrogen-bond donors (Lipinski definition) is 0. The van der Waals surface area contributed by atoms with Crippen LogP contribution in [-0.2, 0) is 10.8 Å². The van der Waals surface area contributed by atoms with E-state index in [1.807, 2.05) is 11.3 Å². The monoisotopic (exact) mass is 857 g/mol. The van der Waals surface area contributed by atoms with E-state index in [-0.39, 0.29) is 0 Å². The fourth-order valence-corrected chi connectivity index (χ4v) is 12.6. The highest BCUT2D eigenvalue weighted by Crippen LogP contribution is 2.61. The summed E-state index contributed by atoms with van der Waals surface area (Å²) >= 11 is 1.81. The third-order valence-corrected chi connectivity index (χ3v) is 15.3. The highest BCUT2D eigenvalue weighted by molar-refractivity contribution is 7.17. The molecule has 1 nitrogen and oxygen atoms in total. The average Bonchev–Trinajstić information content (AvgIpc) is 4.09. The first-order chi connectivity index (χ1) is 32.8. The first kappa shape index (κ1) is 38.4. The van der Waals surface area contributed by atoms with E-state index in [9.17, 15) is 0 Å². The van der Waals surface area contributed by atoms with E-state index < -0.39 is 10.8 Å². The average molecular weight is 858 g/mol. The molecule has 2 aliphatic carbocycles. The Morgan fingerprint density at radius 2 is 0.788 bits per heavy atom. The summed E-state index contributed by atoms with van der Waals surface area (Å²) in [6.45, 7) is 0. The number of nitrogens with zero attached hydrogens (tertiary/aromatic N) is 1. The quantitative estimate of drug-likeness (QED) is 0.147. The summed E-state index contributed by atoms with van der Waals surface area (Å²) < 4.78 is 1.31. The minimum absolute atomic E-state index is 0.492. The Bertz CT molecular complexity index is 3490. The summed E-state index contributed by atoms with van der Waals surface area (Å²) in [5.74, 6) is 0. The molecular weight excluding hydrogens is 815 g/mol. The molecule has 0 amide bonds. The molecule has 0 aliphatic heterocycles.